The van der Waals surface area contributed by atoms with Gasteiger partial charge in [0.2, 0.25) is 0 Å². The van der Waals surface area contributed by atoms with Crippen LogP contribution in [0.25, 0.3) is 0 Å². The largest absolute Gasteiger partial charge is 0.317 e. The van der Waals surface area contributed by atoms with Crippen LogP contribution < -0.4 is 5.32 Å². The summed E-state index contributed by atoms with van der Waals surface area (Å²) in [6.45, 7) is 6.16. The normalized spacial score (nSPS) is 18.8. The van der Waals surface area contributed by atoms with Gasteiger partial charge in [0.1, 0.15) is 12.7 Å². The van der Waals surface area contributed by atoms with Crippen molar-refractivity contribution in [2.45, 2.75) is 38.5 Å². The number of piperidine rings is 1. The SMILES string of the molecule is Cl.Cl.c1c(CN2CCC(n3cnnc3)CC2)nn2c1CNCC2. The highest BCUT2D eigenvalue weighted by molar-refractivity contribution is 5.85. The van der Waals surface area contributed by atoms with Gasteiger partial charge in [0.25, 0.3) is 0 Å². The van der Waals surface area contributed by atoms with E-state index >= 15 is 0 Å². The lowest BCUT2D eigenvalue weighted by molar-refractivity contribution is 0.177. The van der Waals surface area contributed by atoms with Crippen LogP contribution >= 0.6 is 24.8 Å². The lowest BCUT2D eigenvalue weighted by Crippen LogP contribution is -2.34. The number of rotatable bonds is 3. The zero-order valence-electron chi connectivity index (χ0n) is 13.0. The molecule has 0 bridgehead atoms. The van der Waals surface area contributed by atoms with Gasteiger partial charge in [0.15, 0.2) is 0 Å². The Kier molecular flexibility index (Phi) is 6.41. The molecule has 0 aromatic carbocycles. The van der Waals surface area contributed by atoms with Crippen molar-refractivity contribution in [3.63, 3.8) is 0 Å². The van der Waals surface area contributed by atoms with Crippen molar-refractivity contribution in [2.75, 3.05) is 19.6 Å². The quantitative estimate of drug-likeness (QED) is 0.893. The summed E-state index contributed by atoms with van der Waals surface area (Å²) in [5, 5.41) is 15.9. The molecule has 2 aromatic heterocycles. The maximum Gasteiger partial charge on any atom is 0.119 e. The molecular formula is C14H23Cl2N7. The van der Waals surface area contributed by atoms with Crippen molar-refractivity contribution in [2.24, 2.45) is 0 Å². The summed E-state index contributed by atoms with van der Waals surface area (Å²) in [5.41, 5.74) is 2.52. The highest BCUT2D eigenvalue weighted by atomic mass is 35.5. The van der Waals surface area contributed by atoms with Crippen LogP contribution in [0.3, 0.4) is 0 Å². The zero-order chi connectivity index (χ0) is 14.1. The summed E-state index contributed by atoms with van der Waals surface area (Å²) in [7, 11) is 0. The Bertz CT molecular complexity index is 567. The van der Waals surface area contributed by atoms with E-state index in [-0.39, 0.29) is 24.8 Å². The molecule has 7 nitrogen and oxygen atoms in total. The molecule has 128 valence electrons. The first kappa shape index (κ1) is 18.2. The Morgan fingerprint density at radius 1 is 1.09 bits per heavy atom. The van der Waals surface area contributed by atoms with Crippen LogP contribution in [0.5, 0.6) is 0 Å². The molecule has 0 saturated carbocycles. The van der Waals surface area contributed by atoms with Gasteiger partial charge in [-0.05, 0) is 18.9 Å². The van der Waals surface area contributed by atoms with Crippen LogP contribution in [0.1, 0.15) is 30.3 Å². The number of nitrogens with zero attached hydrogens (tertiary/aromatic N) is 6. The lowest BCUT2D eigenvalue weighted by atomic mass is 10.0. The minimum absolute atomic E-state index is 0. The van der Waals surface area contributed by atoms with Crippen molar-refractivity contribution in [3.8, 4) is 0 Å². The van der Waals surface area contributed by atoms with Crippen molar-refractivity contribution in [1.29, 1.82) is 0 Å². The minimum Gasteiger partial charge on any atom is -0.317 e. The van der Waals surface area contributed by atoms with E-state index in [2.05, 4.69) is 35.7 Å². The predicted molar refractivity (Wildman–Crippen MR) is 92.0 cm³/mol. The number of nitrogens with one attached hydrogen (secondary N) is 1. The van der Waals surface area contributed by atoms with Crippen molar-refractivity contribution >= 4 is 24.8 Å². The number of halogens is 2. The molecule has 1 fully saturated rings. The second-order valence-corrected chi connectivity index (χ2v) is 5.94. The Morgan fingerprint density at radius 2 is 1.83 bits per heavy atom. The Labute approximate surface area is 148 Å². The topological polar surface area (TPSA) is 63.8 Å². The first-order valence-electron chi connectivity index (χ1n) is 7.71. The standard InChI is InChI=1S/C14H21N7.2ClH/c1-4-19(5-2-13(1)20-10-16-17-11-20)9-12-7-14-8-15-3-6-21(14)18-12;;/h7,10-11,13,15H,1-6,8-9H2;2*1H. The summed E-state index contributed by atoms with van der Waals surface area (Å²) in [5.74, 6) is 0. The van der Waals surface area contributed by atoms with E-state index in [9.17, 15) is 0 Å². The molecule has 0 amide bonds. The molecule has 2 aromatic rings. The molecule has 0 atom stereocenters. The first-order chi connectivity index (χ1) is 10.4. The van der Waals surface area contributed by atoms with Crippen LogP contribution in [0, 0.1) is 0 Å². The first-order valence-corrected chi connectivity index (χ1v) is 7.71. The highest BCUT2D eigenvalue weighted by Gasteiger charge is 2.21. The third kappa shape index (κ3) is 4.03. The molecule has 2 aliphatic heterocycles. The van der Waals surface area contributed by atoms with E-state index in [1.54, 1.807) is 0 Å². The molecule has 1 N–H and O–H groups in total. The molecule has 4 rings (SSSR count). The van der Waals surface area contributed by atoms with Crippen LogP contribution in [-0.2, 0) is 19.6 Å². The van der Waals surface area contributed by atoms with E-state index in [0.29, 0.717) is 6.04 Å². The van der Waals surface area contributed by atoms with Gasteiger partial charge >= 0.3 is 0 Å². The molecule has 0 aliphatic carbocycles. The maximum atomic E-state index is 4.72. The lowest BCUT2D eigenvalue weighted by Gasteiger charge is -2.31. The van der Waals surface area contributed by atoms with Crippen molar-refractivity contribution in [1.82, 2.24) is 34.8 Å². The maximum absolute atomic E-state index is 4.72. The van der Waals surface area contributed by atoms with Crippen LogP contribution in [-0.4, -0.2) is 49.1 Å². The molecule has 23 heavy (non-hydrogen) atoms. The second kappa shape index (κ2) is 8.10. The van der Waals surface area contributed by atoms with E-state index in [4.69, 9.17) is 5.10 Å². The smallest absolute Gasteiger partial charge is 0.119 e. The molecule has 0 radical (unpaired) electrons. The number of hydrogen-bond acceptors (Lipinski definition) is 5. The summed E-state index contributed by atoms with van der Waals surface area (Å²) < 4.78 is 4.29. The molecular weight excluding hydrogens is 337 g/mol. The molecule has 0 unspecified atom stereocenters. The monoisotopic (exact) mass is 359 g/mol. The molecule has 4 heterocycles. The van der Waals surface area contributed by atoms with Crippen molar-refractivity contribution < 1.29 is 0 Å². The zero-order valence-corrected chi connectivity index (χ0v) is 14.6. The molecule has 1 saturated heterocycles. The van der Waals surface area contributed by atoms with Crippen LogP contribution in [0.15, 0.2) is 18.7 Å². The Morgan fingerprint density at radius 3 is 2.52 bits per heavy atom. The van der Waals surface area contributed by atoms with Gasteiger partial charge in [-0.15, -0.1) is 35.0 Å². The van der Waals surface area contributed by atoms with Gasteiger partial charge in [-0.3, -0.25) is 9.58 Å². The summed E-state index contributed by atoms with van der Waals surface area (Å²) in [6.07, 6.45) is 5.98. The van der Waals surface area contributed by atoms with Gasteiger partial charge in [-0.2, -0.15) is 5.10 Å². The summed E-state index contributed by atoms with van der Waals surface area (Å²) >= 11 is 0. The molecule has 2 aliphatic rings. The number of likely N-dealkylation sites (tertiary alicyclic amines) is 1. The number of hydrogen-bond donors (Lipinski definition) is 1. The average molecular weight is 360 g/mol. The van der Waals surface area contributed by atoms with Crippen LogP contribution in [0.4, 0.5) is 0 Å². The fraction of sp³-hybridized carbons (Fsp3) is 0.643. The Hall–Kier alpha value is -1.15. The average Bonchev–Trinajstić information content (AvgIpc) is 3.17. The third-order valence-electron chi connectivity index (χ3n) is 4.52. The van der Waals surface area contributed by atoms with Gasteiger partial charge in [-0.1, -0.05) is 0 Å². The predicted octanol–water partition coefficient (Wildman–Crippen LogP) is 1.26. The highest BCUT2D eigenvalue weighted by Crippen LogP contribution is 2.23. The molecule has 0 spiro atoms. The van der Waals surface area contributed by atoms with Gasteiger partial charge < -0.3 is 9.88 Å². The van der Waals surface area contributed by atoms with Crippen LogP contribution in [0.2, 0.25) is 0 Å². The van der Waals surface area contributed by atoms with E-state index < -0.39 is 0 Å². The summed E-state index contributed by atoms with van der Waals surface area (Å²) in [6, 6.07) is 2.80. The fourth-order valence-corrected chi connectivity index (χ4v) is 3.33. The Balaban J connectivity index is 0.000000960. The fourth-order valence-electron chi connectivity index (χ4n) is 3.33. The minimum atomic E-state index is 0. The number of fused-ring (bicyclic) bond motifs is 1. The van der Waals surface area contributed by atoms with E-state index in [1.807, 2.05) is 12.7 Å². The number of aromatic nitrogens is 5. The third-order valence-corrected chi connectivity index (χ3v) is 4.52. The van der Waals surface area contributed by atoms with Gasteiger partial charge in [0, 0.05) is 38.8 Å². The molecule has 9 heteroatoms. The van der Waals surface area contributed by atoms with Gasteiger partial charge in [0.05, 0.1) is 17.9 Å². The van der Waals surface area contributed by atoms with E-state index in [0.717, 1.165) is 52.1 Å². The van der Waals surface area contributed by atoms with E-state index in [1.165, 1.54) is 11.4 Å². The van der Waals surface area contributed by atoms with Gasteiger partial charge in [-0.25, -0.2) is 0 Å². The summed E-state index contributed by atoms with van der Waals surface area (Å²) in [4.78, 5) is 2.50. The van der Waals surface area contributed by atoms with Crippen molar-refractivity contribution in [3.05, 3.63) is 30.1 Å². The second-order valence-electron chi connectivity index (χ2n) is 5.94.